The Hall–Kier alpha value is -4.84. The molecule has 5 rings (SSSR count). The molecule has 3 aromatic carbocycles. The lowest BCUT2D eigenvalue weighted by molar-refractivity contribution is -0.231. The largest absolute Gasteiger partial charge is 0.497 e. The fraction of sp³-hybridized carbons (Fsp3) is 0.273. The van der Waals surface area contributed by atoms with Crippen LogP contribution in [0.1, 0.15) is 37.5 Å². The molecule has 0 unspecified atom stereocenters. The minimum Gasteiger partial charge on any atom is -0.497 e. The number of urea groups is 1. The van der Waals surface area contributed by atoms with Crippen LogP contribution in [0.15, 0.2) is 78.4 Å². The van der Waals surface area contributed by atoms with Crippen molar-refractivity contribution in [2.24, 2.45) is 5.92 Å². The summed E-state index contributed by atoms with van der Waals surface area (Å²) in [6.07, 6.45) is -5.65. The van der Waals surface area contributed by atoms with Crippen molar-refractivity contribution in [2.45, 2.75) is 44.6 Å². The summed E-state index contributed by atoms with van der Waals surface area (Å²) >= 11 is 6.27. The van der Waals surface area contributed by atoms with E-state index < -0.39 is 58.3 Å². The first-order valence-electron chi connectivity index (χ1n) is 14.0. The molecule has 0 aliphatic carbocycles. The van der Waals surface area contributed by atoms with E-state index in [2.05, 4.69) is 0 Å². The summed E-state index contributed by atoms with van der Waals surface area (Å²) in [4.78, 5) is 56.1. The van der Waals surface area contributed by atoms with Gasteiger partial charge in [0.05, 0.1) is 19.3 Å². The molecule has 1 saturated heterocycles. The Kier molecular flexibility index (Phi) is 8.37. The molecule has 2 atom stereocenters. The lowest BCUT2D eigenvalue weighted by Gasteiger charge is -2.48. The van der Waals surface area contributed by atoms with Crippen LogP contribution in [0.5, 0.6) is 5.75 Å². The summed E-state index contributed by atoms with van der Waals surface area (Å²) in [5.74, 6) is -4.77. The molecule has 0 radical (unpaired) electrons. The molecule has 0 aromatic heterocycles. The Morgan fingerprint density at radius 3 is 2.24 bits per heavy atom. The number of methoxy groups -OCH3 is 1. The molecule has 1 N–H and O–H groups in total. The van der Waals surface area contributed by atoms with Crippen LogP contribution in [0.25, 0.3) is 6.08 Å². The number of alkyl halides is 3. The van der Waals surface area contributed by atoms with Gasteiger partial charge < -0.3 is 9.47 Å². The molecular weight excluding hydrogens is 627 g/mol. The van der Waals surface area contributed by atoms with Crippen molar-refractivity contribution in [3.05, 3.63) is 100 Å². The molecular formula is C33H29ClF3N3O6. The molecule has 5 amide bonds. The molecule has 3 aromatic rings. The molecule has 0 bridgehead atoms. The highest BCUT2D eigenvalue weighted by molar-refractivity contribution is 6.31. The zero-order valence-electron chi connectivity index (χ0n) is 25.1. The van der Waals surface area contributed by atoms with Crippen LogP contribution >= 0.6 is 11.6 Å². The summed E-state index contributed by atoms with van der Waals surface area (Å²) in [7, 11) is 1.47. The number of fused-ring (bicyclic) bond motifs is 3. The third kappa shape index (κ3) is 5.68. The molecule has 2 aliphatic rings. The summed E-state index contributed by atoms with van der Waals surface area (Å²) < 4.78 is 57.9. The maximum atomic E-state index is 15.9. The van der Waals surface area contributed by atoms with Crippen LogP contribution < -0.4 is 15.0 Å². The number of amides is 5. The standard InChI is InChI=1S/C33H29ClF3N3O6/c1-31(2,3)46-29(43)38-27(41)26-23(16-19-8-6-5-7-9-19)28(42)40-30(44)39(18-20-10-13-22(45-4)14-11-20)25-15-12-21(34)17-24(25)32(26,40)33(35,36)37/h5-17,26H,18H2,1-4H3,(H,38,41,43)/b23-16+/t26-,32+/m1/s1. The zero-order chi connectivity index (χ0) is 33.6. The quantitative estimate of drug-likeness (QED) is 0.302. The van der Waals surface area contributed by atoms with Gasteiger partial charge in [-0.25, -0.2) is 14.5 Å². The van der Waals surface area contributed by atoms with Gasteiger partial charge in [0.25, 0.3) is 5.91 Å². The van der Waals surface area contributed by atoms with Crippen molar-refractivity contribution < 1.29 is 41.8 Å². The van der Waals surface area contributed by atoms with Crippen LogP contribution in [-0.4, -0.2) is 47.7 Å². The first kappa shape index (κ1) is 32.6. The van der Waals surface area contributed by atoms with Gasteiger partial charge >= 0.3 is 18.3 Å². The minimum absolute atomic E-state index is 0.0588. The van der Waals surface area contributed by atoms with Gasteiger partial charge in [-0.15, -0.1) is 0 Å². The number of hydrogen-bond donors (Lipinski definition) is 1. The number of anilines is 1. The van der Waals surface area contributed by atoms with Gasteiger partial charge in [0.15, 0.2) is 5.54 Å². The van der Waals surface area contributed by atoms with E-state index in [4.69, 9.17) is 21.1 Å². The fourth-order valence-electron chi connectivity index (χ4n) is 5.74. The zero-order valence-corrected chi connectivity index (χ0v) is 25.9. The second-order valence-electron chi connectivity index (χ2n) is 11.7. The van der Waals surface area contributed by atoms with Crippen molar-refractivity contribution in [3.8, 4) is 5.75 Å². The average molecular weight is 656 g/mol. The number of nitrogens with one attached hydrogen (secondary N) is 1. The van der Waals surface area contributed by atoms with Crippen LogP contribution in [0, 0.1) is 5.92 Å². The number of rotatable bonds is 5. The molecule has 2 heterocycles. The van der Waals surface area contributed by atoms with E-state index in [1.165, 1.54) is 52.1 Å². The van der Waals surface area contributed by atoms with Gasteiger partial charge in [0.1, 0.15) is 17.3 Å². The second-order valence-corrected chi connectivity index (χ2v) is 12.2. The molecule has 2 aliphatic heterocycles. The summed E-state index contributed by atoms with van der Waals surface area (Å²) in [5, 5.41) is 1.74. The van der Waals surface area contributed by atoms with Gasteiger partial charge in [-0.2, -0.15) is 13.2 Å². The number of carbonyl (C=O) groups is 4. The van der Waals surface area contributed by atoms with Gasteiger partial charge in [-0.3, -0.25) is 19.8 Å². The van der Waals surface area contributed by atoms with E-state index >= 15 is 13.2 Å². The maximum Gasteiger partial charge on any atom is 0.417 e. The molecule has 0 saturated carbocycles. The molecule has 0 spiro atoms. The van der Waals surface area contributed by atoms with Crippen LogP contribution in [-0.2, 0) is 26.4 Å². The number of hydrogen-bond acceptors (Lipinski definition) is 6. The SMILES string of the molecule is COc1ccc(CN2C(=O)N3C(=O)/C(=C/c4ccccc4)[C@H](C(=O)NC(=O)OC(C)(C)C)[C@]3(C(F)(F)F)c3cc(Cl)ccc32)cc1. The molecule has 9 nitrogen and oxygen atoms in total. The Morgan fingerprint density at radius 2 is 1.65 bits per heavy atom. The molecule has 46 heavy (non-hydrogen) atoms. The third-order valence-corrected chi connectivity index (χ3v) is 7.79. The van der Waals surface area contributed by atoms with Gasteiger partial charge in [0, 0.05) is 16.2 Å². The van der Waals surface area contributed by atoms with Crippen molar-refractivity contribution in [2.75, 3.05) is 12.0 Å². The number of halogens is 4. The molecule has 1 fully saturated rings. The van der Waals surface area contributed by atoms with E-state index in [9.17, 15) is 19.2 Å². The summed E-state index contributed by atoms with van der Waals surface area (Å²) in [6.45, 7) is 4.28. The number of benzene rings is 3. The van der Waals surface area contributed by atoms with Crippen LogP contribution in [0.2, 0.25) is 5.02 Å². The van der Waals surface area contributed by atoms with Crippen molar-refractivity contribution in [1.82, 2.24) is 10.2 Å². The first-order chi connectivity index (χ1) is 21.6. The van der Waals surface area contributed by atoms with Crippen LogP contribution in [0.3, 0.4) is 0 Å². The van der Waals surface area contributed by atoms with Crippen molar-refractivity contribution >= 4 is 47.3 Å². The number of imide groups is 2. The summed E-state index contributed by atoms with van der Waals surface area (Å²) in [6, 6.07) is 16.5. The van der Waals surface area contributed by atoms with E-state index in [1.807, 2.05) is 5.32 Å². The maximum absolute atomic E-state index is 15.9. The Balaban J connectivity index is 1.77. The monoisotopic (exact) mass is 655 g/mol. The molecule has 240 valence electrons. The second kappa shape index (κ2) is 11.8. The lowest BCUT2D eigenvalue weighted by Crippen LogP contribution is -2.66. The highest BCUT2D eigenvalue weighted by atomic mass is 35.5. The Bertz CT molecular complexity index is 1740. The lowest BCUT2D eigenvalue weighted by atomic mass is 9.73. The van der Waals surface area contributed by atoms with E-state index in [1.54, 1.807) is 42.5 Å². The van der Waals surface area contributed by atoms with Gasteiger partial charge in [-0.05, 0) is 68.3 Å². The highest BCUT2D eigenvalue weighted by Gasteiger charge is 2.77. The highest BCUT2D eigenvalue weighted by Crippen LogP contribution is 2.61. The first-order valence-corrected chi connectivity index (χ1v) is 14.4. The van der Waals surface area contributed by atoms with E-state index in [0.717, 1.165) is 17.0 Å². The fourth-order valence-corrected chi connectivity index (χ4v) is 5.92. The predicted molar refractivity (Wildman–Crippen MR) is 163 cm³/mol. The van der Waals surface area contributed by atoms with E-state index in [-0.39, 0.29) is 27.7 Å². The van der Waals surface area contributed by atoms with Gasteiger partial charge in [0.2, 0.25) is 5.91 Å². The number of alkyl carbamates (subject to hydrolysis) is 1. The van der Waals surface area contributed by atoms with E-state index in [0.29, 0.717) is 11.3 Å². The van der Waals surface area contributed by atoms with Gasteiger partial charge in [-0.1, -0.05) is 54.1 Å². The minimum atomic E-state index is -5.44. The third-order valence-electron chi connectivity index (χ3n) is 7.55. The number of carbonyl (C=O) groups excluding carboxylic acids is 4. The normalized spacial score (nSPS) is 20.3. The number of nitrogens with zero attached hydrogens (tertiary/aromatic N) is 2. The van der Waals surface area contributed by atoms with Crippen molar-refractivity contribution in [3.63, 3.8) is 0 Å². The predicted octanol–water partition coefficient (Wildman–Crippen LogP) is 6.84. The summed E-state index contributed by atoms with van der Waals surface area (Å²) in [5.41, 5.74) is -5.38. The Labute approximate surface area is 267 Å². The smallest absolute Gasteiger partial charge is 0.417 e. The average Bonchev–Trinajstić information content (AvgIpc) is 3.24. The van der Waals surface area contributed by atoms with Crippen molar-refractivity contribution in [1.29, 1.82) is 0 Å². The molecule has 13 heteroatoms. The topological polar surface area (TPSA) is 105 Å². The Morgan fingerprint density at radius 1 is 1.00 bits per heavy atom. The van der Waals surface area contributed by atoms with Crippen LogP contribution in [0.4, 0.5) is 28.4 Å². The number of ether oxygens (including phenoxy) is 2.